The number of thioether (sulfide) groups is 1. The van der Waals surface area contributed by atoms with E-state index in [1.165, 1.54) is 0 Å². The summed E-state index contributed by atoms with van der Waals surface area (Å²) in [6, 6.07) is 16.8. The molecular weight excluding hydrogens is 400 g/mol. The molecule has 2 heterocycles. The molecule has 0 saturated heterocycles. The number of hydrogen-bond donors (Lipinski definition) is 1. The van der Waals surface area contributed by atoms with Crippen molar-refractivity contribution in [2.24, 2.45) is 0 Å². The molecule has 0 fully saturated rings. The average molecular weight is 420 g/mol. The second-order valence-electron chi connectivity index (χ2n) is 6.39. The third-order valence-electron chi connectivity index (χ3n) is 4.60. The molecule has 0 saturated carbocycles. The fourth-order valence-electron chi connectivity index (χ4n) is 3.12. The Bertz CT molecular complexity index is 1220. The molecule has 0 bridgehead atoms. The molecule has 4 aromatic rings. The van der Waals surface area contributed by atoms with E-state index in [9.17, 15) is 4.79 Å². The van der Waals surface area contributed by atoms with Crippen molar-refractivity contribution in [2.75, 3.05) is 25.8 Å². The number of anilines is 1. The molecule has 30 heavy (non-hydrogen) atoms. The minimum absolute atomic E-state index is 0.282. The van der Waals surface area contributed by atoms with Crippen molar-refractivity contribution in [3.8, 4) is 22.8 Å². The van der Waals surface area contributed by atoms with E-state index >= 15 is 0 Å². The number of nitrogens with zero attached hydrogens (tertiary/aromatic N) is 3. The van der Waals surface area contributed by atoms with E-state index in [0.29, 0.717) is 17.1 Å². The van der Waals surface area contributed by atoms with Gasteiger partial charge in [0.15, 0.2) is 22.8 Å². The van der Waals surface area contributed by atoms with E-state index < -0.39 is 0 Å². The van der Waals surface area contributed by atoms with Crippen LogP contribution in [0.4, 0.5) is 5.69 Å². The lowest BCUT2D eigenvalue weighted by Gasteiger charge is -2.10. The molecule has 2 aromatic carbocycles. The Balaban J connectivity index is 1.69. The molecule has 0 radical (unpaired) electrons. The number of ether oxygens (including phenoxy) is 2. The lowest BCUT2D eigenvalue weighted by Crippen LogP contribution is -2.12. The molecule has 1 amide bonds. The van der Waals surface area contributed by atoms with Crippen molar-refractivity contribution in [1.29, 1.82) is 0 Å². The first kappa shape index (κ1) is 19.8. The number of benzene rings is 2. The van der Waals surface area contributed by atoms with Gasteiger partial charge in [-0.15, -0.1) is 11.8 Å². The number of fused-ring (bicyclic) bond motifs is 1. The van der Waals surface area contributed by atoms with Gasteiger partial charge < -0.3 is 14.8 Å². The molecule has 2 aromatic heterocycles. The maximum absolute atomic E-state index is 12.8. The zero-order valence-corrected chi connectivity index (χ0v) is 17.6. The fraction of sp³-hybridized carbons (Fsp3) is 0.136. The summed E-state index contributed by atoms with van der Waals surface area (Å²) >= 11 is 1.61. The van der Waals surface area contributed by atoms with Crippen LogP contribution in [0.1, 0.15) is 10.5 Å². The van der Waals surface area contributed by atoms with Gasteiger partial charge in [0.1, 0.15) is 0 Å². The molecule has 0 aliphatic rings. The third kappa shape index (κ3) is 3.81. The summed E-state index contributed by atoms with van der Waals surface area (Å²) in [5, 5.41) is 7.38. The number of aromatic nitrogens is 3. The van der Waals surface area contributed by atoms with Crippen LogP contribution in [0.2, 0.25) is 0 Å². The van der Waals surface area contributed by atoms with E-state index in [1.54, 1.807) is 42.8 Å². The summed E-state index contributed by atoms with van der Waals surface area (Å²) in [6.45, 7) is 0. The Labute approximate surface area is 178 Å². The largest absolute Gasteiger partial charge is 0.493 e. The van der Waals surface area contributed by atoms with Gasteiger partial charge in [-0.3, -0.25) is 4.79 Å². The Morgan fingerprint density at radius 1 is 1.03 bits per heavy atom. The van der Waals surface area contributed by atoms with Crippen LogP contribution >= 0.6 is 11.8 Å². The van der Waals surface area contributed by atoms with Crippen molar-refractivity contribution in [3.05, 3.63) is 66.5 Å². The summed E-state index contributed by atoms with van der Waals surface area (Å²) in [5.74, 6) is 0.954. The highest BCUT2D eigenvalue weighted by atomic mass is 32.2. The van der Waals surface area contributed by atoms with Gasteiger partial charge in [0, 0.05) is 28.4 Å². The summed E-state index contributed by atoms with van der Waals surface area (Å²) in [6.07, 6.45) is 3.68. The maximum atomic E-state index is 12.8. The zero-order chi connectivity index (χ0) is 21.1. The smallest absolute Gasteiger partial charge is 0.276 e. The van der Waals surface area contributed by atoms with Gasteiger partial charge in [-0.05, 0) is 48.7 Å². The van der Waals surface area contributed by atoms with E-state index in [2.05, 4.69) is 15.4 Å². The molecule has 1 N–H and O–H groups in total. The van der Waals surface area contributed by atoms with Gasteiger partial charge in [0.25, 0.3) is 5.91 Å². The summed E-state index contributed by atoms with van der Waals surface area (Å²) in [5.41, 5.74) is 3.22. The minimum Gasteiger partial charge on any atom is -0.493 e. The first-order valence-electron chi connectivity index (χ1n) is 9.15. The highest BCUT2D eigenvalue weighted by Gasteiger charge is 2.15. The van der Waals surface area contributed by atoms with Gasteiger partial charge >= 0.3 is 0 Å². The molecule has 0 aliphatic heterocycles. The van der Waals surface area contributed by atoms with Crippen molar-refractivity contribution < 1.29 is 14.3 Å². The van der Waals surface area contributed by atoms with Gasteiger partial charge in [0.05, 0.1) is 19.9 Å². The number of hydrogen-bond acceptors (Lipinski definition) is 6. The third-order valence-corrected chi connectivity index (χ3v) is 5.32. The Kier molecular flexibility index (Phi) is 5.58. The second-order valence-corrected chi connectivity index (χ2v) is 7.27. The highest BCUT2D eigenvalue weighted by Crippen LogP contribution is 2.32. The first-order valence-corrected chi connectivity index (χ1v) is 10.4. The zero-order valence-electron chi connectivity index (χ0n) is 16.7. The topological polar surface area (TPSA) is 77.8 Å². The summed E-state index contributed by atoms with van der Waals surface area (Å²) in [4.78, 5) is 18.2. The lowest BCUT2D eigenvalue weighted by atomic mass is 10.1. The molecule has 0 spiro atoms. The standard InChI is InChI=1S/C22H20N4O3S/c1-28-19-8-7-14(11-20(19)29-2)18-9-10-23-21-13-17(25-26(18)21)22(27)24-15-5-4-6-16(12-15)30-3/h4-13H,1-3H3,(H,24,27). The predicted octanol–water partition coefficient (Wildman–Crippen LogP) is 4.39. The SMILES string of the molecule is COc1ccc(-c2ccnc3cc(C(=O)Nc4cccc(SC)c4)nn23)cc1OC. The molecule has 0 atom stereocenters. The quantitative estimate of drug-likeness (QED) is 0.466. The van der Waals surface area contributed by atoms with Crippen molar-refractivity contribution in [1.82, 2.24) is 14.6 Å². The molecule has 7 nitrogen and oxygen atoms in total. The number of carbonyl (C=O) groups is 1. The molecule has 4 rings (SSSR count). The predicted molar refractivity (Wildman–Crippen MR) is 118 cm³/mol. The van der Waals surface area contributed by atoms with Gasteiger partial charge in [-0.2, -0.15) is 5.10 Å². The second kappa shape index (κ2) is 8.46. The Morgan fingerprint density at radius 2 is 1.87 bits per heavy atom. The van der Waals surface area contributed by atoms with Crippen LogP contribution in [0.3, 0.4) is 0 Å². The van der Waals surface area contributed by atoms with Crippen LogP contribution in [-0.2, 0) is 0 Å². The normalized spacial score (nSPS) is 10.8. The van der Waals surface area contributed by atoms with E-state index in [0.717, 1.165) is 21.8 Å². The molecule has 152 valence electrons. The van der Waals surface area contributed by atoms with Crippen LogP contribution in [0.15, 0.2) is 65.7 Å². The molecule has 8 heteroatoms. The summed E-state index contributed by atoms with van der Waals surface area (Å²) in [7, 11) is 3.18. The summed E-state index contributed by atoms with van der Waals surface area (Å²) < 4.78 is 12.4. The maximum Gasteiger partial charge on any atom is 0.276 e. The molecular formula is C22H20N4O3S. The molecule has 0 unspecified atom stereocenters. The van der Waals surface area contributed by atoms with E-state index in [-0.39, 0.29) is 11.6 Å². The average Bonchev–Trinajstić information content (AvgIpc) is 3.23. The van der Waals surface area contributed by atoms with Crippen LogP contribution in [0.5, 0.6) is 11.5 Å². The van der Waals surface area contributed by atoms with Crippen molar-refractivity contribution in [2.45, 2.75) is 4.90 Å². The van der Waals surface area contributed by atoms with Gasteiger partial charge in [0.2, 0.25) is 0 Å². The van der Waals surface area contributed by atoms with Gasteiger partial charge in [-0.25, -0.2) is 9.50 Å². The Hall–Kier alpha value is -3.52. The monoisotopic (exact) mass is 420 g/mol. The highest BCUT2D eigenvalue weighted by molar-refractivity contribution is 7.98. The fourth-order valence-corrected chi connectivity index (χ4v) is 3.58. The number of rotatable bonds is 6. The van der Waals surface area contributed by atoms with Crippen LogP contribution in [-0.4, -0.2) is 41.0 Å². The number of methoxy groups -OCH3 is 2. The molecule has 0 aliphatic carbocycles. The number of carbonyl (C=O) groups excluding carboxylic acids is 1. The number of amides is 1. The minimum atomic E-state index is -0.294. The van der Waals surface area contributed by atoms with E-state index in [4.69, 9.17) is 9.47 Å². The van der Waals surface area contributed by atoms with Crippen LogP contribution < -0.4 is 14.8 Å². The Morgan fingerprint density at radius 3 is 2.63 bits per heavy atom. The lowest BCUT2D eigenvalue weighted by molar-refractivity contribution is 0.102. The van der Waals surface area contributed by atoms with E-state index in [1.807, 2.05) is 54.8 Å². The van der Waals surface area contributed by atoms with Crippen LogP contribution in [0.25, 0.3) is 16.9 Å². The van der Waals surface area contributed by atoms with Gasteiger partial charge in [-0.1, -0.05) is 6.07 Å². The van der Waals surface area contributed by atoms with Crippen molar-refractivity contribution in [3.63, 3.8) is 0 Å². The first-order chi connectivity index (χ1) is 14.6. The van der Waals surface area contributed by atoms with Crippen LogP contribution in [0, 0.1) is 0 Å². The number of nitrogens with one attached hydrogen (secondary N) is 1. The van der Waals surface area contributed by atoms with Crippen molar-refractivity contribution >= 4 is 29.0 Å².